The van der Waals surface area contributed by atoms with Crippen LogP contribution in [-0.4, -0.2) is 36.4 Å². The van der Waals surface area contributed by atoms with E-state index in [9.17, 15) is 27.1 Å². The number of rotatable bonds is 6. The van der Waals surface area contributed by atoms with Gasteiger partial charge in [0, 0.05) is 6.20 Å². The maximum Gasteiger partial charge on any atom is 0.416 e. The Morgan fingerprint density at radius 3 is 2.18 bits per heavy atom. The van der Waals surface area contributed by atoms with Crippen LogP contribution >= 0.6 is 0 Å². The van der Waals surface area contributed by atoms with Crippen molar-refractivity contribution < 1.29 is 27.1 Å². The van der Waals surface area contributed by atoms with Crippen LogP contribution in [-0.2, 0) is 25.1 Å². The highest BCUT2D eigenvalue weighted by atomic mass is 19.4. The van der Waals surface area contributed by atoms with Crippen molar-refractivity contribution in [1.82, 2.24) is 25.2 Å². The van der Waals surface area contributed by atoms with Gasteiger partial charge in [0.05, 0.1) is 12.1 Å². The quantitative estimate of drug-likeness (QED) is 0.645. The summed E-state index contributed by atoms with van der Waals surface area (Å²) in [5.41, 5.74) is -0.285. The number of aliphatic hydroxyl groups is 1. The van der Waals surface area contributed by atoms with Gasteiger partial charge < -0.3 is 5.11 Å². The molecule has 148 valence electrons. The second-order valence-electron chi connectivity index (χ2n) is 6.09. The van der Waals surface area contributed by atoms with Crippen LogP contribution in [0.15, 0.2) is 48.9 Å². The number of nitrogens with zero attached hydrogens (tertiary/aromatic N) is 5. The van der Waals surface area contributed by atoms with Crippen molar-refractivity contribution in [2.24, 2.45) is 0 Å². The lowest BCUT2D eigenvalue weighted by molar-refractivity contribution is -0.137. The lowest BCUT2D eigenvalue weighted by atomic mass is 10.0. The lowest BCUT2D eigenvalue weighted by Crippen LogP contribution is -2.35. The van der Waals surface area contributed by atoms with Crippen molar-refractivity contribution in [3.05, 3.63) is 71.3 Å². The van der Waals surface area contributed by atoms with Crippen LogP contribution in [0.5, 0.6) is 0 Å². The van der Waals surface area contributed by atoms with E-state index in [1.165, 1.54) is 24.4 Å². The molecule has 2 heterocycles. The zero-order valence-electron chi connectivity index (χ0n) is 14.2. The molecule has 1 aromatic carbocycles. The first-order chi connectivity index (χ1) is 13.2. The van der Waals surface area contributed by atoms with Gasteiger partial charge in [0.2, 0.25) is 0 Å². The van der Waals surface area contributed by atoms with Gasteiger partial charge in [-0.25, -0.2) is 4.68 Å². The summed E-state index contributed by atoms with van der Waals surface area (Å²) in [4.78, 5) is 3.70. The predicted octanol–water partition coefficient (Wildman–Crippen LogP) is 2.83. The molecule has 0 amide bonds. The van der Waals surface area contributed by atoms with E-state index < -0.39 is 36.0 Å². The smallest absolute Gasteiger partial charge is 0.384 e. The molecule has 3 rings (SSSR count). The molecule has 1 atom stereocenters. The topological polar surface area (TPSA) is 76.7 Å². The Morgan fingerprint density at radius 1 is 0.964 bits per heavy atom. The number of hydrogen-bond acceptors (Lipinski definition) is 5. The number of tetrazole rings is 1. The van der Waals surface area contributed by atoms with Gasteiger partial charge in [-0.15, -0.1) is 5.10 Å². The van der Waals surface area contributed by atoms with Crippen molar-refractivity contribution in [1.29, 1.82) is 0 Å². The molecule has 1 unspecified atom stereocenters. The van der Waals surface area contributed by atoms with Crippen molar-refractivity contribution in [2.75, 3.05) is 0 Å². The molecule has 0 aliphatic rings. The Kier molecular flexibility index (Phi) is 5.36. The summed E-state index contributed by atoms with van der Waals surface area (Å²) in [5.74, 6) is -3.64. The van der Waals surface area contributed by atoms with Gasteiger partial charge in [-0.2, -0.15) is 22.0 Å². The predicted molar refractivity (Wildman–Crippen MR) is 86.2 cm³/mol. The number of aliphatic hydroxyl groups excluding tert-OH is 1. The number of halogens is 5. The molecule has 0 bridgehead atoms. The van der Waals surface area contributed by atoms with E-state index in [1.54, 1.807) is 0 Å². The summed E-state index contributed by atoms with van der Waals surface area (Å²) < 4.78 is 67.4. The highest BCUT2D eigenvalue weighted by Crippen LogP contribution is 2.32. The molecule has 0 aliphatic carbocycles. The zero-order valence-corrected chi connectivity index (χ0v) is 14.2. The molecule has 0 aliphatic heterocycles. The molecule has 1 N–H and O–H groups in total. The van der Waals surface area contributed by atoms with Crippen molar-refractivity contribution in [3.63, 3.8) is 0 Å². The Balaban J connectivity index is 1.68. The largest absolute Gasteiger partial charge is 0.416 e. The molecule has 6 nitrogen and oxygen atoms in total. The van der Waals surface area contributed by atoms with Crippen LogP contribution < -0.4 is 0 Å². The molecule has 3 aromatic rings. The first-order valence-corrected chi connectivity index (χ1v) is 8.04. The fraction of sp³-hybridized carbons (Fsp3) is 0.294. The first-order valence-electron chi connectivity index (χ1n) is 8.04. The normalized spacial score (nSPS) is 13.5. The van der Waals surface area contributed by atoms with Gasteiger partial charge in [-0.1, -0.05) is 18.2 Å². The summed E-state index contributed by atoms with van der Waals surface area (Å²) in [6.07, 6.45) is -3.99. The fourth-order valence-corrected chi connectivity index (χ4v) is 2.50. The van der Waals surface area contributed by atoms with Crippen molar-refractivity contribution in [2.45, 2.75) is 31.2 Å². The first kappa shape index (κ1) is 19.8. The van der Waals surface area contributed by atoms with Crippen molar-refractivity contribution in [3.8, 4) is 0 Å². The van der Waals surface area contributed by atoms with Crippen LogP contribution in [0.2, 0.25) is 0 Å². The standard InChI is InChI=1S/C17H14F5N5O/c18-16(19,15(28)9-27-10-24-25-26-27)14-6-3-12(8-23-14)7-11-1-4-13(5-2-11)17(20,21)22/h1-6,8,10,15,28H,7,9H2. The number of hydrogen-bond donors (Lipinski definition) is 1. The van der Waals surface area contributed by atoms with Gasteiger partial charge in [-0.05, 0) is 46.2 Å². The highest BCUT2D eigenvalue weighted by Gasteiger charge is 2.42. The summed E-state index contributed by atoms with van der Waals surface area (Å²) in [6.45, 7) is -0.519. The van der Waals surface area contributed by atoms with Crippen LogP contribution in [0.4, 0.5) is 22.0 Å². The number of pyridine rings is 1. The van der Waals surface area contributed by atoms with Crippen LogP contribution in [0.1, 0.15) is 22.4 Å². The van der Waals surface area contributed by atoms with E-state index in [-0.39, 0.29) is 6.42 Å². The fourth-order valence-electron chi connectivity index (χ4n) is 2.50. The molecule has 0 spiro atoms. The molecule has 0 radical (unpaired) electrons. The second-order valence-corrected chi connectivity index (χ2v) is 6.09. The zero-order chi connectivity index (χ0) is 20.4. The average molecular weight is 399 g/mol. The maximum atomic E-state index is 14.4. The monoisotopic (exact) mass is 399 g/mol. The van der Waals surface area contributed by atoms with Gasteiger partial charge in [0.25, 0.3) is 0 Å². The summed E-state index contributed by atoms with van der Waals surface area (Å²) in [5, 5.41) is 19.8. The minimum absolute atomic E-state index is 0.226. The average Bonchev–Trinajstić information content (AvgIpc) is 3.15. The molecule has 0 saturated heterocycles. The third-order valence-corrected chi connectivity index (χ3v) is 4.03. The number of aromatic nitrogens is 5. The van der Waals surface area contributed by atoms with E-state index in [0.29, 0.717) is 11.1 Å². The van der Waals surface area contributed by atoms with Crippen molar-refractivity contribution >= 4 is 0 Å². The van der Waals surface area contributed by atoms with E-state index in [4.69, 9.17) is 0 Å². The van der Waals surface area contributed by atoms with Gasteiger partial charge >= 0.3 is 12.1 Å². The number of benzene rings is 1. The van der Waals surface area contributed by atoms with E-state index in [0.717, 1.165) is 29.2 Å². The van der Waals surface area contributed by atoms with E-state index >= 15 is 0 Å². The molecule has 0 saturated carbocycles. The Bertz CT molecular complexity index is 895. The van der Waals surface area contributed by atoms with Gasteiger partial charge in [0.15, 0.2) is 0 Å². The molecular formula is C17H14F5N5O. The minimum atomic E-state index is -4.42. The van der Waals surface area contributed by atoms with E-state index in [2.05, 4.69) is 20.5 Å². The van der Waals surface area contributed by atoms with Gasteiger partial charge in [0.1, 0.15) is 18.1 Å². The van der Waals surface area contributed by atoms with Crippen LogP contribution in [0.25, 0.3) is 0 Å². The molecule has 11 heteroatoms. The number of alkyl halides is 5. The Labute approximate surface area is 155 Å². The summed E-state index contributed by atoms with van der Waals surface area (Å²) in [6, 6.07) is 7.02. The summed E-state index contributed by atoms with van der Waals surface area (Å²) >= 11 is 0. The van der Waals surface area contributed by atoms with Gasteiger partial charge in [-0.3, -0.25) is 4.98 Å². The summed E-state index contributed by atoms with van der Waals surface area (Å²) in [7, 11) is 0. The maximum absolute atomic E-state index is 14.4. The highest BCUT2D eigenvalue weighted by molar-refractivity contribution is 5.29. The molecule has 28 heavy (non-hydrogen) atoms. The Hall–Kier alpha value is -2.95. The minimum Gasteiger partial charge on any atom is -0.384 e. The third-order valence-electron chi connectivity index (χ3n) is 4.03. The Morgan fingerprint density at radius 2 is 1.64 bits per heavy atom. The van der Waals surface area contributed by atoms with E-state index in [1.807, 2.05) is 0 Å². The van der Waals surface area contributed by atoms with Crippen LogP contribution in [0, 0.1) is 0 Å². The molecule has 2 aromatic heterocycles. The third kappa shape index (κ3) is 4.47. The second kappa shape index (κ2) is 7.58. The molecule has 0 fully saturated rings. The van der Waals surface area contributed by atoms with Crippen LogP contribution in [0.3, 0.4) is 0 Å². The SMILES string of the molecule is OC(Cn1cnnn1)C(F)(F)c1ccc(Cc2ccc(C(F)(F)F)cc2)cn1. The lowest BCUT2D eigenvalue weighted by Gasteiger charge is -2.21. The molecular weight excluding hydrogens is 385 g/mol.